The zero-order valence-electron chi connectivity index (χ0n) is 28.1. The SMILES string of the molecule is CN(C(=O)O[C@H]1/C=C/COC(C)(C)C(=O)NS(=O)(=O)c2ccc3c(c2)N(CCCOc2cc(Cl)ccc2CO3)C[C@@H]2CC[C@H]21)[C@@H]1CCOC1. The van der Waals surface area contributed by atoms with Crippen molar-refractivity contribution in [2.75, 3.05) is 51.5 Å². The number of anilines is 1. The van der Waals surface area contributed by atoms with E-state index >= 15 is 0 Å². The molecule has 1 aliphatic carbocycles. The van der Waals surface area contributed by atoms with Crippen molar-refractivity contribution in [1.82, 2.24) is 9.62 Å². The van der Waals surface area contributed by atoms with Crippen molar-refractivity contribution in [3.8, 4) is 11.5 Å². The van der Waals surface area contributed by atoms with Crippen molar-refractivity contribution in [3.05, 3.63) is 59.1 Å². The predicted octanol–water partition coefficient (Wildman–Crippen LogP) is 4.93. The van der Waals surface area contributed by atoms with Gasteiger partial charge >= 0.3 is 6.09 Å². The average Bonchev–Trinajstić information content (AvgIpc) is 3.58. The van der Waals surface area contributed by atoms with Gasteiger partial charge in [-0.25, -0.2) is 17.9 Å². The van der Waals surface area contributed by atoms with E-state index in [1.165, 1.54) is 19.9 Å². The van der Waals surface area contributed by atoms with E-state index in [2.05, 4.69) is 9.62 Å². The smallest absolute Gasteiger partial charge is 0.410 e. The number of likely N-dealkylation sites (N-methyl/N-ethyl adjacent to an activating group) is 1. The van der Waals surface area contributed by atoms with Crippen molar-refractivity contribution in [1.29, 1.82) is 0 Å². The average molecular weight is 718 g/mol. The van der Waals surface area contributed by atoms with E-state index in [4.69, 9.17) is 35.3 Å². The molecule has 1 N–H and O–H groups in total. The molecular weight excluding hydrogens is 674 g/mol. The molecule has 1 saturated heterocycles. The first-order valence-electron chi connectivity index (χ1n) is 16.7. The number of sulfonamides is 1. The second-order valence-electron chi connectivity index (χ2n) is 13.5. The van der Waals surface area contributed by atoms with E-state index in [9.17, 15) is 18.0 Å². The zero-order chi connectivity index (χ0) is 34.8. The number of halogens is 1. The van der Waals surface area contributed by atoms with Gasteiger partial charge in [-0.15, -0.1) is 0 Å². The Bertz CT molecular complexity index is 1680. The molecule has 1 saturated carbocycles. The number of benzene rings is 2. The quantitative estimate of drug-likeness (QED) is 0.427. The summed E-state index contributed by atoms with van der Waals surface area (Å²) in [6, 6.07) is 9.93. The van der Waals surface area contributed by atoms with E-state index in [1.54, 1.807) is 42.3 Å². The maximum Gasteiger partial charge on any atom is 0.410 e. The van der Waals surface area contributed by atoms with Crippen LogP contribution in [0.5, 0.6) is 11.5 Å². The first-order chi connectivity index (χ1) is 23.4. The lowest BCUT2D eigenvalue weighted by atomic mass is 9.70. The molecule has 2 aromatic carbocycles. The fourth-order valence-corrected chi connectivity index (χ4v) is 7.80. The minimum atomic E-state index is -4.27. The van der Waals surface area contributed by atoms with Gasteiger partial charge in [0, 0.05) is 43.2 Å². The molecule has 6 rings (SSSR count). The Balaban J connectivity index is 1.35. The summed E-state index contributed by atoms with van der Waals surface area (Å²) < 4.78 is 59.3. The Labute approximate surface area is 292 Å². The molecule has 2 fully saturated rings. The molecule has 266 valence electrons. The van der Waals surface area contributed by atoms with Crippen LogP contribution >= 0.6 is 11.6 Å². The van der Waals surface area contributed by atoms with Gasteiger partial charge in [0.25, 0.3) is 15.9 Å². The number of rotatable bonds is 2. The van der Waals surface area contributed by atoms with Crippen molar-refractivity contribution in [2.24, 2.45) is 11.8 Å². The molecule has 49 heavy (non-hydrogen) atoms. The van der Waals surface area contributed by atoms with Gasteiger partial charge in [0.1, 0.15) is 29.8 Å². The second kappa shape index (κ2) is 14.8. The fraction of sp³-hybridized carbons (Fsp3) is 0.543. The molecule has 3 heterocycles. The number of hydrogen-bond acceptors (Lipinski definition) is 10. The molecule has 0 aromatic heterocycles. The van der Waals surface area contributed by atoms with Crippen LogP contribution in [0.2, 0.25) is 5.02 Å². The van der Waals surface area contributed by atoms with E-state index in [0.717, 1.165) is 24.8 Å². The highest BCUT2D eigenvalue weighted by Crippen LogP contribution is 2.42. The number of nitrogens with one attached hydrogen (secondary N) is 1. The molecule has 0 unspecified atom stereocenters. The molecule has 3 aliphatic heterocycles. The molecule has 2 bridgehead atoms. The third-order valence-electron chi connectivity index (χ3n) is 9.80. The van der Waals surface area contributed by atoms with Crippen LogP contribution in [0.4, 0.5) is 10.5 Å². The summed E-state index contributed by atoms with van der Waals surface area (Å²) in [5.41, 5.74) is -0.105. The summed E-state index contributed by atoms with van der Waals surface area (Å²) >= 11 is 6.26. The highest BCUT2D eigenvalue weighted by molar-refractivity contribution is 7.90. The van der Waals surface area contributed by atoms with Crippen molar-refractivity contribution >= 4 is 39.3 Å². The fourth-order valence-electron chi connectivity index (χ4n) is 6.52. The van der Waals surface area contributed by atoms with Crippen LogP contribution in [0.3, 0.4) is 0 Å². The van der Waals surface area contributed by atoms with E-state index in [-0.39, 0.29) is 36.0 Å². The molecule has 4 aliphatic rings. The van der Waals surface area contributed by atoms with Crippen LogP contribution < -0.4 is 19.1 Å². The first-order valence-corrected chi connectivity index (χ1v) is 18.6. The van der Waals surface area contributed by atoms with Gasteiger partial charge in [-0.3, -0.25) is 4.79 Å². The van der Waals surface area contributed by atoms with Gasteiger partial charge in [-0.2, -0.15) is 0 Å². The predicted molar refractivity (Wildman–Crippen MR) is 183 cm³/mol. The van der Waals surface area contributed by atoms with Crippen LogP contribution in [0.25, 0.3) is 0 Å². The van der Waals surface area contributed by atoms with Gasteiger partial charge < -0.3 is 33.5 Å². The summed E-state index contributed by atoms with van der Waals surface area (Å²) in [4.78, 5) is 30.2. The van der Waals surface area contributed by atoms with Crippen molar-refractivity contribution < 1.29 is 41.7 Å². The summed E-state index contributed by atoms with van der Waals surface area (Å²) in [6.07, 6.45) is 5.68. The molecule has 4 atom stereocenters. The monoisotopic (exact) mass is 717 g/mol. The van der Waals surface area contributed by atoms with Crippen LogP contribution in [-0.2, 0) is 35.6 Å². The molecule has 0 radical (unpaired) electrons. The Morgan fingerprint density at radius 2 is 1.92 bits per heavy atom. The topological polar surface area (TPSA) is 133 Å². The number of carbonyl (C=O) groups excluding carboxylic acids is 2. The molecule has 12 nitrogen and oxygen atoms in total. The minimum absolute atomic E-state index is 0.00486. The van der Waals surface area contributed by atoms with Crippen molar-refractivity contribution in [3.63, 3.8) is 0 Å². The summed E-state index contributed by atoms with van der Waals surface area (Å²) in [5, 5.41) is 0.549. The van der Waals surface area contributed by atoms with E-state index in [1.807, 2.05) is 12.1 Å². The van der Waals surface area contributed by atoms with Gasteiger partial charge in [0.2, 0.25) is 0 Å². The highest BCUT2D eigenvalue weighted by atomic mass is 35.5. The van der Waals surface area contributed by atoms with Crippen LogP contribution in [0, 0.1) is 11.8 Å². The summed E-state index contributed by atoms with van der Waals surface area (Å²) in [5.74, 6) is 0.409. The van der Waals surface area contributed by atoms with Gasteiger partial charge in [-0.1, -0.05) is 23.7 Å². The van der Waals surface area contributed by atoms with Crippen LogP contribution in [0.15, 0.2) is 53.4 Å². The third-order valence-corrected chi connectivity index (χ3v) is 11.4. The Morgan fingerprint density at radius 1 is 1.08 bits per heavy atom. The molecule has 2 aromatic rings. The Morgan fingerprint density at radius 3 is 2.67 bits per heavy atom. The number of fused-ring (bicyclic) bond motifs is 3. The minimum Gasteiger partial charge on any atom is -0.493 e. The van der Waals surface area contributed by atoms with Gasteiger partial charge in [0.15, 0.2) is 0 Å². The van der Waals surface area contributed by atoms with Crippen LogP contribution in [0.1, 0.15) is 45.1 Å². The lowest BCUT2D eigenvalue weighted by Crippen LogP contribution is -2.47. The number of nitrogens with zero attached hydrogens (tertiary/aromatic N) is 2. The van der Waals surface area contributed by atoms with Gasteiger partial charge in [0.05, 0.1) is 36.4 Å². The largest absolute Gasteiger partial charge is 0.493 e. The highest BCUT2D eigenvalue weighted by Gasteiger charge is 2.41. The zero-order valence-corrected chi connectivity index (χ0v) is 29.6. The Kier molecular flexibility index (Phi) is 10.6. The Hall–Kier alpha value is -3.52. The van der Waals surface area contributed by atoms with E-state index < -0.39 is 33.7 Å². The van der Waals surface area contributed by atoms with Crippen molar-refractivity contribution in [2.45, 2.75) is 68.8 Å². The normalized spacial score (nSPS) is 27.3. The molecule has 0 spiro atoms. The van der Waals surface area contributed by atoms with Crippen LogP contribution in [-0.4, -0.2) is 89.6 Å². The third kappa shape index (κ3) is 8.11. The summed E-state index contributed by atoms with van der Waals surface area (Å²) in [6.45, 7) is 5.73. The molecular formula is C35H44ClN3O9S. The number of hydrogen-bond donors (Lipinski definition) is 1. The lowest BCUT2D eigenvalue weighted by molar-refractivity contribution is -0.139. The second-order valence-corrected chi connectivity index (χ2v) is 15.6. The molecule has 2 amide bonds. The summed E-state index contributed by atoms with van der Waals surface area (Å²) in [7, 11) is -2.54. The number of amides is 2. The standard InChI is InChI=1S/C35H44ClN3O9S/c1-35(2)33(40)37-49(42,43)27-10-12-31-29(19-27)39(14-5-15-45-32-18-25(36)9-7-24(32)21-46-31)20-23-8-11-28(23)30(6-4-16-47-35)48-34(41)38(3)26-13-17-44-22-26/h4,6-7,9-10,12,18-19,23,26,28,30H,5,8,11,13-17,20-22H2,1-3H3,(H,37,40)/b6-4+/t23-,26+,28+,30-/m0/s1. The maximum atomic E-state index is 13.6. The maximum absolute atomic E-state index is 13.6. The number of ether oxygens (including phenoxy) is 5. The van der Waals surface area contributed by atoms with E-state index in [0.29, 0.717) is 61.5 Å². The van der Waals surface area contributed by atoms with Gasteiger partial charge in [-0.05, 0) is 81.9 Å². The lowest BCUT2D eigenvalue weighted by Gasteiger charge is -2.44. The first kappa shape index (κ1) is 35.3. The molecule has 14 heteroatoms. The number of carbonyl (C=O) groups is 2.